The third kappa shape index (κ3) is 5.81. The average molecular weight is 532 g/mol. The number of benzene rings is 1. The quantitative estimate of drug-likeness (QED) is 0.368. The van der Waals surface area contributed by atoms with Gasteiger partial charge in [-0.2, -0.15) is 4.57 Å². The molecule has 0 aliphatic carbocycles. The Balaban J connectivity index is 0.000000189. The Kier molecular flexibility index (Phi) is 7.80. The molecule has 0 saturated heterocycles. The van der Waals surface area contributed by atoms with Gasteiger partial charge < -0.3 is 9.97 Å². The first kappa shape index (κ1) is 20.4. The standard InChI is InChI=1S/C11H11N3.C11H8N.Ir/c1-10(11-4-3-5-12-8-11)14-7-6-13(2)9-14;1-2-6-10(7-3-1)11-8-4-5-9-12-11;/h3,5-9H,1H2,2H3;1-6,8-9H;/q;-1;. The van der Waals surface area contributed by atoms with Gasteiger partial charge >= 0.3 is 0 Å². The second-order valence-corrected chi connectivity index (χ2v) is 5.58. The zero-order valence-corrected chi connectivity index (χ0v) is 17.3. The van der Waals surface area contributed by atoms with E-state index in [-0.39, 0.29) is 20.1 Å². The smallest absolute Gasteiger partial charge is 0.166 e. The molecule has 5 heteroatoms. The number of hydrogen-bond acceptors (Lipinski definition) is 2. The van der Waals surface area contributed by atoms with Crippen LogP contribution in [0, 0.1) is 12.1 Å². The summed E-state index contributed by atoms with van der Waals surface area (Å²) >= 11 is 0. The van der Waals surface area contributed by atoms with Crippen LogP contribution in [0.15, 0.2) is 92.4 Å². The summed E-state index contributed by atoms with van der Waals surface area (Å²) in [6.45, 7) is 3.99. The number of nitrogens with zero attached hydrogens (tertiary/aromatic N) is 4. The Labute approximate surface area is 173 Å². The molecule has 1 aromatic carbocycles. The van der Waals surface area contributed by atoms with Gasteiger partial charge in [-0.15, -0.1) is 48.0 Å². The van der Waals surface area contributed by atoms with Crippen molar-refractivity contribution in [2.45, 2.75) is 0 Å². The summed E-state index contributed by atoms with van der Waals surface area (Å²) in [5, 5.41) is 0. The van der Waals surface area contributed by atoms with Crippen LogP contribution in [0.1, 0.15) is 5.56 Å². The maximum atomic E-state index is 4.22. The molecule has 0 saturated carbocycles. The predicted molar refractivity (Wildman–Crippen MR) is 104 cm³/mol. The van der Waals surface area contributed by atoms with Crippen LogP contribution in [-0.4, -0.2) is 19.1 Å². The Hall–Kier alpha value is -2.88. The van der Waals surface area contributed by atoms with Crippen molar-refractivity contribution in [3.8, 4) is 11.3 Å². The van der Waals surface area contributed by atoms with Crippen LogP contribution in [0.25, 0.3) is 17.0 Å². The molecule has 0 N–H and O–H groups in total. The monoisotopic (exact) mass is 532 g/mol. The number of imidazole rings is 1. The van der Waals surface area contributed by atoms with Crippen molar-refractivity contribution in [1.82, 2.24) is 19.1 Å². The molecule has 3 heterocycles. The summed E-state index contributed by atoms with van der Waals surface area (Å²) < 4.78 is 3.90. The van der Waals surface area contributed by atoms with Crippen LogP contribution in [0.3, 0.4) is 0 Å². The summed E-state index contributed by atoms with van der Waals surface area (Å²) in [5.74, 6) is 0. The van der Waals surface area contributed by atoms with E-state index in [0.29, 0.717) is 0 Å². The first-order chi connectivity index (χ1) is 12.7. The largest absolute Gasteiger partial charge is 0.358 e. The van der Waals surface area contributed by atoms with Crippen LogP contribution in [0.2, 0.25) is 0 Å². The average Bonchev–Trinajstić information content (AvgIpc) is 3.16. The van der Waals surface area contributed by atoms with Crippen LogP contribution < -0.4 is 0 Å². The zero-order valence-electron chi connectivity index (χ0n) is 14.9. The first-order valence-electron chi connectivity index (χ1n) is 8.17. The number of rotatable bonds is 3. The van der Waals surface area contributed by atoms with Crippen molar-refractivity contribution in [3.63, 3.8) is 0 Å². The predicted octanol–water partition coefficient (Wildman–Crippen LogP) is 4.37. The van der Waals surface area contributed by atoms with Crippen molar-refractivity contribution in [2.75, 3.05) is 0 Å². The fourth-order valence-corrected chi connectivity index (χ4v) is 2.31. The topological polar surface area (TPSA) is 35.6 Å². The Bertz CT molecular complexity index is 914. The minimum absolute atomic E-state index is 0. The third-order valence-electron chi connectivity index (χ3n) is 3.64. The van der Waals surface area contributed by atoms with Gasteiger partial charge in [0.05, 0.1) is 0 Å². The minimum Gasteiger partial charge on any atom is -0.358 e. The molecule has 0 atom stereocenters. The Morgan fingerprint density at radius 3 is 2.48 bits per heavy atom. The van der Waals surface area contributed by atoms with Gasteiger partial charge in [0.1, 0.15) is 18.1 Å². The first-order valence-corrected chi connectivity index (χ1v) is 8.17. The molecule has 1 radical (unpaired) electrons. The maximum Gasteiger partial charge on any atom is 0.166 e. The van der Waals surface area contributed by atoms with E-state index in [9.17, 15) is 0 Å². The van der Waals surface area contributed by atoms with Gasteiger partial charge in [0.2, 0.25) is 0 Å². The summed E-state index contributed by atoms with van der Waals surface area (Å²) in [6.07, 6.45) is 11.1. The molecule has 4 rings (SSSR count). The number of hydrogen-bond donors (Lipinski definition) is 0. The maximum absolute atomic E-state index is 4.22. The summed E-state index contributed by atoms with van der Waals surface area (Å²) in [5.41, 5.74) is 3.79. The van der Waals surface area contributed by atoms with Gasteiger partial charge in [-0.25, -0.2) is 0 Å². The molecule has 0 bridgehead atoms. The molecule has 4 aromatic rings. The van der Waals surface area contributed by atoms with Crippen LogP contribution in [-0.2, 0) is 27.2 Å². The summed E-state index contributed by atoms with van der Waals surface area (Å²) in [4.78, 5) is 8.24. The molecule has 0 amide bonds. The van der Waals surface area contributed by atoms with Gasteiger partial charge in [0.15, 0.2) is 6.33 Å². The van der Waals surface area contributed by atoms with E-state index in [4.69, 9.17) is 0 Å². The number of aromatic nitrogens is 4. The zero-order chi connectivity index (χ0) is 18.2. The second-order valence-electron chi connectivity index (χ2n) is 5.58. The number of aryl methyl sites for hydroxylation is 1. The van der Waals surface area contributed by atoms with Gasteiger partial charge in [0.25, 0.3) is 0 Å². The van der Waals surface area contributed by atoms with E-state index >= 15 is 0 Å². The fraction of sp³-hybridized carbons (Fsp3) is 0.0455. The Morgan fingerprint density at radius 1 is 1.04 bits per heavy atom. The molecule has 0 spiro atoms. The van der Waals surface area contributed by atoms with E-state index in [0.717, 1.165) is 22.5 Å². The van der Waals surface area contributed by atoms with Crippen molar-refractivity contribution >= 4 is 5.70 Å². The Morgan fingerprint density at radius 2 is 1.89 bits per heavy atom. The molecule has 0 aliphatic heterocycles. The molecular formula is C22H19IrN4-. The van der Waals surface area contributed by atoms with E-state index in [1.165, 1.54) is 0 Å². The van der Waals surface area contributed by atoms with Crippen molar-refractivity contribution in [1.29, 1.82) is 0 Å². The molecular weight excluding hydrogens is 512 g/mol. The summed E-state index contributed by atoms with van der Waals surface area (Å²) in [6, 6.07) is 21.7. The molecule has 137 valence electrons. The van der Waals surface area contributed by atoms with Gasteiger partial charge in [-0.3, -0.25) is 4.57 Å². The third-order valence-corrected chi connectivity index (χ3v) is 3.64. The van der Waals surface area contributed by atoms with Crippen LogP contribution >= 0.6 is 0 Å². The molecule has 0 unspecified atom stereocenters. The van der Waals surface area contributed by atoms with Gasteiger partial charge in [-0.05, 0) is 30.1 Å². The minimum atomic E-state index is 0. The fourth-order valence-electron chi connectivity index (χ4n) is 2.31. The van der Waals surface area contributed by atoms with Crippen molar-refractivity contribution < 1.29 is 20.1 Å². The molecule has 3 aromatic heterocycles. The van der Waals surface area contributed by atoms with E-state index in [1.807, 2.05) is 77.4 Å². The van der Waals surface area contributed by atoms with Crippen LogP contribution in [0.4, 0.5) is 0 Å². The normalized spacial score (nSPS) is 9.52. The van der Waals surface area contributed by atoms with Gasteiger partial charge in [-0.1, -0.05) is 18.3 Å². The van der Waals surface area contributed by atoms with Gasteiger partial charge in [0, 0.05) is 33.3 Å². The molecule has 4 nitrogen and oxygen atoms in total. The second kappa shape index (κ2) is 10.3. The number of pyridine rings is 2. The summed E-state index contributed by atoms with van der Waals surface area (Å²) in [7, 11) is 1.97. The van der Waals surface area contributed by atoms with Crippen molar-refractivity contribution in [2.24, 2.45) is 7.05 Å². The molecule has 0 fully saturated rings. The molecule has 27 heavy (non-hydrogen) atoms. The van der Waals surface area contributed by atoms with E-state index in [2.05, 4.69) is 28.7 Å². The SMILES string of the molecule is C=C(c1[c-]ccnc1)n1ccn(C)[cH+]1.[Ir].[c-]1ccccc1-c1ccccn1. The van der Waals surface area contributed by atoms with E-state index < -0.39 is 0 Å². The van der Waals surface area contributed by atoms with E-state index in [1.54, 1.807) is 24.7 Å². The molecule has 0 aliphatic rings. The van der Waals surface area contributed by atoms with Crippen LogP contribution in [0.5, 0.6) is 0 Å². The van der Waals surface area contributed by atoms with Crippen molar-refractivity contribution in [3.05, 3.63) is 110 Å².